The lowest BCUT2D eigenvalue weighted by Gasteiger charge is -2.16. The Morgan fingerprint density at radius 1 is 0.735 bits per heavy atom. The summed E-state index contributed by atoms with van der Waals surface area (Å²) in [4.78, 5) is 0. The molecule has 34 heavy (non-hydrogen) atoms. The highest BCUT2D eigenvalue weighted by Crippen LogP contribution is 2.22. The molecule has 2 unspecified atom stereocenters. The third-order valence-electron chi connectivity index (χ3n) is 5.20. The SMILES string of the molecule is CC.CC.CCCC(CC)Oc1ccc2cnn(C)c2c1.CCCC(CC)Oc1ccccc1. The largest absolute Gasteiger partial charge is 0.490 e. The van der Waals surface area contributed by atoms with Crippen molar-refractivity contribution in [2.24, 2.45) is 7.05 Å². The van der Waals surface area contributed by atoms with Crippen molar-refractivity contribution in [3.8, 4) is 11.5 Å². The summed E-state index contributed by atoms with van der Waals surface area (Å²) in [6.45, 7) is 16.7. The number of aromatic nitrogens is 2. The number of aryl methyl sites for hydroxylation is 1. The number of hydrogen-bond acceptors (Lipinski definition) is 3. The fourth-order valence-electron chi connectivity index (χ4n) is 3.42. The van der Waals surface area contributed by atoms with E-state index >= 15 is 0 Å². The van der Waals surface area contributed by atoms with E-state index in [2.05, 4.69) is 44.9 Å². The third-order valence-corrected chi connectivity index (χ3v) is 5.20. The Bertz CT molecular complexity index is 845. The zero-order valence-electron chi connectivity index (χ0n) is 23.3. The molecule has 2 atom stereocenters. The van der Waals surface area contributed by atoms with Crippen LogP contribution in [0.4, 0.5) is 0 Å². The van der Waals surface area contributed by atoms with Gasteiger partial charge in [-0.25, -0.2) is 0 Å². The molecule has 0 N–H and O–H groups in total. The van der Waals surface area contributed by atoms with E-state index in [0.717, 1.165) is 54.5 Å². The average molecular weight is 471 g/mol. The van der Waals surface area contributed by atoms with E-state index in [9.17, 15) is 0 Å². The number of fused-ring (bicyclic) bond motifs is 1. The molecule has 0 aliphatic heterocycles. The Morgan fingerprint density at radius 3 is 1.76 bits per heavy atom. The summed E-state index contributed by atoms with van der Waals surface area (Å²) in [5, 5.41) is 5.39. The number of para-hydroxylation sites is 1. The van der Waals surface area contributed by atoms with Crippen LogP contribution in [0.15, 0.2) is 54.7 Å². The number of benzene rings is 2. The molecule has 192 valence electrons. The molecule has 1 aromatic heterocycles. The smallest absolute Gasteiger partial charge is 0.121 e. The summed E-state index contributed by atoms with van der Waals surface area (Å²) in [5.41, 5.74) is 1.12. The van der Waals surface area contributed by atoms with Gasteiger partial charge >= 0.3 is 0 Å². The molecule has 4 heteroatoms. The van der Waals surface area contributed by atoms with Gasteiger partial charge in [0, 0.05) is 18.5 Å². The molecule has 3 rings (SSSR count). The lowest BCUT2D eigenvalue weighted by Crippen LogP contribution is -2.14. The second-order valence-electron chi connectivity index (χ2n) is 7.68. The first-order valence-corrected chi connectivity index (χ1v) is 13.4. The van der Waals surface area contributed by atoms with Gasteiger partial charge in [0.1, 0.15) is 11.5 Å². The van der Waals surface area contributed by atoms with Crippen LogP contribution in [0.25, 0.3) is 10.9 Å². The normalized spacial score (nSPS) is 11.6. The van der Waals surface area contributed by atoms with Crippen LogP contribution in [0.1, 0.15) is 93.9 Å². The Kier molecular flexibility index (Phi) is 18.5. The van der Waals surface area contributed by atoms with Crippen LogP contribution in [0.5, 0.6) is 11.5 Å². The number of ether oxygens (including phenoxy) is 2. The lowest BCUT2D eigenvalue weighted by molar-refractivity contribution is 0.185. The fraction of sp³-hybridized carbons (Fsp3) is 0.567. The molecule has 1 heterocycles. The van der Waals surface area contributed by atoms with Crippen molar-refractivity contribution in [3.63, 3.8) is 0 Å². The average Bonchev–Trinajstić information content (AvgIpc) is 3.27. The van der Waals surface area contributed by atoms with Gasteiger partial charge in [-0.05, 0) is 49.9 Å². The second kappa shape index (κ2) is 19.9. The summed E-state index contributed by atoms with van der Waals surface area (Å²) in [6.07, 6.45) is 9.32. The van der Waals surface area contributed by atoms with E-state index in [1.165, 1.54) is 6.42 Å². The topological polar surface area (TPSA) is 36.3 Å². The minimum atomic E-state index is 0.325. The van der Waals surface area contributed by atoms with E-state index in [0.29, 0.717) is 12.2 Å². The predicted octanol–water partition coefficient (Wildman–Crippen LogP) is 9.23. The van der Waals surface area contributed by atoms with Crippen LogP contribution >= 0.6 is 0 Å². The molecule has 0 aliphatic rings. The van der Waals surface area contributed by atoms with E-state index in [4.69, 9.17) is 9.47 Å². The zero-order valence-corrected chi connectivity index (χ0v) is 23.3. The van der Waals surface area contributed by atoms with Gasteiger partial charge in [-0.1, -0.05) is 86.4 Å². The minimum absolute atomic E-state index is 0.325. The van der Waals surface area contributed by atoms with Crippen LogP contribution in [-0.4, -0.2) is 22.0 Å². The predicted molar refractivity (Wildman–Crippen MR) is 149 cm³/mol. The Hall–Kier alpha value is -2.49. The monoisotopic (exact) mass is 470 g/mol. The minimum Gasteiger partial charge on any atom is -0.490 e. The molecule has 3 aromatic rings. The van der Waals surface area contributed by atoms with E-state index < -0.39 is 0 Å². The first-order valence-electron chi connectivity index (χ1n) is 13.4. The highest BCUT2D eigenvalue weighted by atomic mass is 16.5. The van der Waals surface area contributed by atoms with Crippen molar-refractivity contribution in [1.82, 2.24) is 9.78 Å². The van der Waals surface area contributed by atoms with Crippen LogP contribution < -0.4 is 9.47 Å². The quantitative estimate of drug-likeness (QED) is 0.296. The molecule has 0 saturated carbocycles. The first kappa shape index (κ1) is 31.5. The van der Waals surface area contributed by atoms with Crippen LogP contribution in [0.2, 0.25) is 0 Å². The van der Waals surface area contributed by atoms with Crippen LogP contribution in [-0.2, 0) is 7.05 Å². The number of hydrogen-bond donors (Lipinski definition) is 0. The molecule has 0 saturated heterocycles. The van der Waals surface area contributed by atoms with Gasteiger partial charge in [0.05, 0.1) is 23.9 Å². The lowest BCUT2D eigenvalue weighted by atomic mass is 10.1. The third kappa shape index (κ3) is 11.6. The van der Waals surface area contributed by atoms with Crippen LogP contribution in [0.3, 0.4) is 0 Å². The van der Waals surface area contributed by atoms with Crippen LogP contribution in [0, 0.1) is 0 Å². The Morgan fingerprint density at radius 2 is 1.26 bits per heavy atom. The zero-order chi connectivity index (χ0) is 25.8. The molecule has 4 nitrogen and oxygen atoms in total. The molecule has 0 aliphatic carbocycles. The molecule has 2 aromatic carbocycles. The maximum atomic E-state index is 6.00. The van der Waals surface area contributed by atoms with Crippen molar-refractivity contribution in [2.45, 2.75) is 106 Å². The van der Waals surface area contributed by atoms with Crippen molar-refractivity contribution in [1.29, 1.82) is 0 Å². The Balaban J connectivity index is 0.000000574. The van der Waals surface area contributed by atoms with Gasteiger partial charge in [0.15, 0.2) is 0 Å². The van der Waals surface area contributed by atoms with Gasteiger partial charge < -0.3 is 9.47 Å². The van der Waals surface area contributed by atoms with Crippen molar-refractivity contribution < 1.29 is 9.47 Å². The maximum absolute atomic E-state index is 6.00. The Labute approximate surface area is 209 Å². The highest BCUT2D eigenvalue weighted by molar-refractivity contribution is 5.79. The van der Waals surface area contributed by atoms with Gasteiger partial charge in [-0.3, -0.25) is 4.68 Å². The summed E-state index contributed by atoms with van der Waals surface area (Å²) in [7, 11) is 1.95. The van der Waals surface area contributed by atoms with Gasteiger partial charge in [0.25, 0.3) is 0 Å². The van der Waals surface area contributed by atoms with Crippen molar-refractivity contribution >= 4 is 10.9 Å². The summed E-state index contributed by atoms with van der Waals surface area (Å²) in [6, 6.07) is 16.2. The molecule has 0 radical (unpaired) electrons. The molecular formula is C30H50N2O2. The van der Waals surface area contributed by atoms with Gasteiger partial charge in [0.2, 0.25) is 0 Å². The first-order chi connectivity index (χ1) is 16.6. The molecule has 0 bridgehead atoms. The summed E-state index contributed by atoms with van der Waals surface area (Å²) in [5.74, 6) is 1.93. The van der Waals surface area contributed by atoms with E-state index in [1.807, 2.05) is 82.0 Å². The van der Waals surface area contributed by atoms with Gasteiger partial charge in [-0.15, -0.1) is 0 Å². The van der Waals surface area contributed by atoms with E-state index in [1.54, 1.807) is 0 Å². The number of rotatable bonds is 10. The highest BCUT2D eigenvalue weighted by Gasteiger charge is 2.08. The maximum Gasteiger partial charge on any atom is 0.121 e. The summed E-state index contributed by atoms with van der Waals surface area (Å²) >= 11 is 0. The van der Waals surface area contributed by atoms with E-state index in [-0.39, 0.29) is 0 Å². The van der Waals surface area contributed by atoms with Crippen molar-refractivity contribution in [3.05, 3.63) is 54.7 Å². The second-order valence-corrected chi connectivity index (χ2v) is 7.68. The fourth-order valence-corrected chi connectivity index (χ4v) is 3.42. The molecule has 0 spiro atoms. The molecule has 0 fully saturated rings. The number of nitrogens with zero attached hydrogens (tertiary/aromatic N) is 2. The van der Waals surface area contributed by atoms with Crippen molar-refractivity contribution in [2.75, 3.05) is 0 Å². The summed E-state index contributed by atoms with van der Waals surface area (Å²) < 4.78 is 13.7. The van der Waals surface area contributed by atoms with Gasteiger partial charge in [-0.2, -0.15) is 5.10 Å². The molecule has 0 amide bonds. The standard InChI is InChI=1S/C14H20N2O.C12H18O.2C2H6/c1-4-6-12(5-2)17-13-8-7-11-10-15-16(3)14(11)9-13;1-3-8-11(4-2)13-12-9-6-5-7-10-12;2*1-2/h7-10,12H,4-6H2,1-3H3;5-7,9-11H,3-4,8H2,1-2H3;2*1-2H3. The molecular weight excluding hydrogens is 420 g/mol.